The highest BCUT2D eigenvalue weighted by Crippen LogP contribution is 2.40. The third-order valence-corrected chi connectivity index (χ3v) is 6.27. The van der Waals surface area contributed by atoms with Gasteiger partial charge in [0.15, 0.2) is 6.23 Å². The number of nitrogens with one attached hydrogen (secondary N) is 2. The lowest BCUT2D eigenvalue weighted by atomic mass is 10.1. The number of ether oxygens (including phenoxy) is 1. The molecule has 3 amide bonds. The maximum atomic E-state index is 12.9. The summed E-state index contributed by atoms with van der Waals surface area (Å²) in [5.74, 6) is -0.997. The fraction of sp³-hybridized carbons (Fsp3) is 0.615. The first-order chi connectivity index (χ1) is 17.9. The third kappa shape index (κ3) is 9.42. The van der Waals surface area contributed by atoms with Gasteiger partial charge in [0.25, 0.3) is 5.91 Å². The van der Waals surface area contributed by atoms with Gasteiger partial charge in [-0.3, -0.25) is 24.1 Å². The van der Waals surface area contributed by atoms with Crippen molar-refractivity contribution in [3.63, 3.8) is 0 Å². The van der Waals surface area contributed by atoms with Gasteiger partial charge in [0, 0.05) is 20.0 Å². The molecule has 206 valence electrons. The van der Waals surface area contributed by atoms with Gasteiger partial charge in [-0.2, -0.15) is 0 Å². The first-order valence-corrected chi connectivity index (χ1v) is 13.0. The summed E-state index contributed by atoms with van der Waals surface area (Å²) in [7, 11) is 1.61. The number of unbranched alkanes of at least 4 members (excludes halogenated alkanes) is 7. The lowest BCUT2D eigenvalue weighted by Gasteiger charge is -2.28. The average Bonchev–Trinajstić information content (AvgIpc) is 3.14. The third-order valence-electron chi connectivity index (χ3n) is 6.27. The van der Waals surface area contributed by atoms with Crippen LogP contribution in [0.25, 0.3) is 0 Å². The minimum Gasteiger partial charge on any atom is -0.493 e. The molecule has 0 saturated carbocycles. The van der Waals surface area contributed by atoms with E-state index in [4.69, 9.17) is 15.3 Å². The monoisotopic (exact) mass is 520 g/mol. The molecule has 37 heavy (non-hydrogen) atoms. The number of amides is 3. The van der Waals surface area contributed by atoms with Crippen LogP contribution in [0.15, 0.2) is 18.2 Å². The number of fused-ring (bicyclic) bond motifs is 1. The van der Waals surface area contributed by atoms with Gasteiger partial charge in [-0.05, 0) is 31.4 Å². The molecule has 2 unspecified atom stereocenters. The molecular weight excluding hydrogens is 480 g/mol. The number of nitrogens with zero attached hydrogens (tertiary/aromatic N) is 1. The molecule has 0 fully saturated rings. The number of nitrogens with two attached hydrogens (primary N) is 1. The number of hydroxylamine groups is 1. The molecule has 0 radical (unpaired) electrons. The Morgan fingerprint density at radius 2 is 1.81 bits per heavy atom. The fourth-order valence-corrected chi connectivity index (χ4v) is 4.35. The maximum absolute atomic E-state index is 12.9. The highest BCUT2D eigenvalue weighted by atomic mass is 16.6. The van der Waals surface area contributed by atoms with Gasteiger partial charge in [-0.15, -0.1) is 0 Å². The molecule has 1 aliphatic rings. The normalized spacial score (nSPS) is 15.4. The van der Waals surface area contributed by atoms with E-state index in [9.17, 15) is 24.3 Å². The molecule has 2 atom stereocenters. The predicted octanol–water partition coefficient (Wildman–Crippen LogP) is 1.73. The van der Waals surface area contributed by atoms with Crippen molar-refractivity contribution in [1.82, 2.24) is 15.7 Å². The summed E-state index contributed by atoms with van der Waals surface area (Å²) >= 11 is 0. The molecule has 5 N–H and O–H groups in total. The lowest BCUT2D eigenvalue weighted by Crippen LogP contribution is -2.46. The van der Waals surface area contributed by atoms with E-state index in [1.807, 2.05) is 0 Å². The van der Waals surface area contributed by atoms with Gasteiger partial charge >= 0.3 is 0 Å². The van der Waals surface area contributed by atoms with Crippen LogP contribution < -0.4 is 21.3 Å². The summed E-state index contributed by atoms with van der Waals surface area (Å²) in [4.78, 5) is 52.8. The minimum absolute atomic E-state index is 0.0162. The van der Waals surface area contributed by atoms with Crippen molar-refractivity contribution in [2.45, 2.75) is 76.5 Å². The average molecular weight is 521 g/mol. The van der Waals surface area contributed by atoms with Crippen LogP contribution in [-0.2, 0) is 19.2 Å². The molecule has 0 aromatic heterocycles. The van der Waals surface area contributed by atoms with E-state index in [1.54, 1.807) is 25.2 Å². The molecule has 0 bridgehead atoms. The van der Waals surface area contributed by atoms with Crippen LogP contribution >= 0.6 is 0 Å². The van der Waals surface area contributed by atoms with E-state index in [2.05, 4.69) is 10.8 Å². The molecule has 0 saturated heterocycles. The number of rotatable bonds is 20. The molecule has 1 aliphatic heterocycles. The van der Waals surface area contributed by atoms with Crippen LogP contribution in [0.4, 0.5) is 0 Å². The van der Waals surface area contributed by atoms with Gasteiger partial charge in [0.1, 0.15) is 24.7 Å². The van der Waals surface area contributed by atoms with Crippen molar-refractivity contribution in [3.05, 3.63) is 29.3 Å². The van der Waals surface area contributed by atoms with Crippen LogP contribution in [0.3, 0.4) is 0 Å². The SMILES string of the molecule is CNOCC(=O)NCCCCCCCCCCOc1cccc2c1C(O)N(C(CCC=O)C(N)=O)C2=O. The Morgan fingerprint density at radius 3 is 2.46 bits per heavy atom. The zero-order valence-corrected chi connectivity index (χ0v) is 21.6. The lowest BCUT2D eigenvalue weighted by molar-refractivity contribution is -0.128. The Labute approximate surface area is 218 Å². The molecule has 1 aromatic rings. The number of aliphatic hydroxyl groups excluding tert-OH is 1. The van der Waals surface area contributed by atoms with E-state index < -0.39 is 24.1 Å². The van der Waals surface area contributed by atoms with Crippen LogP contribution in [0.5, 0.6) is 5.75 Å². The quantitative estimate of drug-likeness (QED) is 0.115. The summed E-state index contributed by atoms with van der Waals surface area (Å²) in [5, 5.41) is 13.7. The van der Waals surface area contributed by atoms with E-state index in [1.165, 1.54) is 0 Å². The molecule has 1 heterocycles. The number of carbonyl (C=O) groups is 4. The zero-order valence-electron chi connectivity index (χ0n) is 21.6. The Morgan fingerprint density at radius 1 is 1.14 bits per heavy atom. The van der Waals surface area contributed by atoms with Crippen LogP contribution in [0.1, 0.15) is 86.4 Å². The molecule has 2 rings (SSSR count). The Kier molecular flexibility index (Phi) is 13.6. The van der Waals surface area contributed by atoms with E-state index in [0.717, 1.165) is 56.3 Å². The number of carbonyl (C=O) groups excluding carboxylic acids is 4. The number of aldehydes is 1. The summed E-state index contributed by atoms with van der Waals surface area (Å²) in [6, 6.07) is 3.87. The summed E-state index contributed by atoms with van der Waals surface area (Å²) in [5.41, 5.74) is 8.51. The highest BCUT2D eigenvalue weighted by molar-refractivity contribution is 6.02. The summed E-state index contributed by atoms with van der Waals surface area (Å²) in [6.45, 7) is 1.12. The largest absolute Gasteiger partial charge is 0.493 e. The number of aliphatic hydroxyl groups is 1. The second-order valence-corrected chi connectivity index (χ2v) is 8.99. The van der Waals surface area contributed by atoms with E-state index in [-0.39, 0.29) is 30.9 Å². The van der Waals surface area contributed by atoms with Crippen molar-refractivity contribution in [2.75, 3.05) is 26.8 Å². The van der Waals surface area contributed by atoms with Crippen LogP contribution in [0.2, 0.25) is 0 Å². The number of hydrogen-bond acceptors (Lipinski definition) is 8. The predicted molar refractivity (Wildman–Crippen MR) is 136 cm³/mol. The first kappa shape index (κ1) is 30.2. The zero-order chi connectivity index (χ0) is 27.0. The Hall–Kier alpha value is -3.02. The van der Waals surface area contributed by atoms with Gasteiger partial charge in [0.2, 0.25) is 11.8 Å². The van der Waals surface area contributed by atoms with Crippen molar-refractivity contribution in [3.8, 4) is 5.75 Å². The molecule has 1 aromatic carbocycles. The van der Waals surface area contributed by atoms with Crippen LogP contribution in [0, 0.1) is 0 Å². The summed E-state index contributed by atoms with van der Waals surface area (Å²) in [6.07, 6.45) is 7.71. The fourth-order valence-electron chi connectivity index (χ4n) is 4.35. The minimum atomic E-state index is -1.36. The van der Waals surface area contributed by atoms with Crippen LogP contribution in [-0.4, -0.2) is 66.9 Å². The van der Waals surface area contributed by atoms with Crippen molar-refractivity contribution in [1.29, 1.82) is 0 Å². The Balaban J connectivity index is 1.67. The van der Waals surface area contributed by atoms with Gasteiger partial charge in [-0.25, -0.2) is 5.48 Å². The van der Waals surface area contributed by atoms with Crippen molar-refractivity contribution < 1.29 is 33.9 Å². The van der Waals surface area contributed by atoms with Gasteiger partial charge < -0.3 is 25.7 Å². The van der Waals surface area contributed by atoms with Gasteiger partial charge in [-0.1, -0.05) is 44.6 Å². The standard InChI is InChI=1S/C26H40N4O7/c1-28-37-18-22(32)29-15-8-6-4-2-3-5-7-9-17-36-21-14-10-12-19-23(21)26(35)30(25(19)34)20(24(27)33)13-11-16-31/h10,12,14,16,20,26,28,35H,2-9,11,13,15,17-18H2,1H3,(H2,27,33)(H,29,32). The molecule has 0 spiro atoms. The smallest absolute Gasteiger partial charge is 0.257 e. The number of primary amides is 1. The second kappa shape index (κ2) is 16.7. The maximum Gasteiger partial charge on any atom is 0.257 e. The Bertz CT molecular complexity index is 896. The summed E-state index contributed by atoms with van der Waals surface area (Å²) < 4.78 is 5.89. The molecule has 11 heteroatoms. The first-order valence-electron chi connectivity index (χ1n) is 13.0. The molecular formula is C26H40N4O7. The van der Waals surface area contributed by atoms with Gasteiger partial charge in [0.05, 0.1) is 17.7 Å². The van der Waals surface area contributed by atoms with E-state index in [0.29, 0.717) is 30.8 Å². The topological polar surface area (TPSA) is 160 Å². The number of hydrogen-bond donors (Lipinski definition) is 4. The van der Waals surface area contributed by atoms with Crippen molar-refractivity contribution in [2.24, 2.45) is 5.73 Å². The van der Waals surface area contributed by atoms with E-state index >= 15 is 0 Å². The number of benzene rings is 1. The highest BCUT2D eigenvalue weighted by Gasteiger charge is 2.43. The molecule has 11 nitrogen and oxygen atoms in total. The second-order valence-electron chi connectivity index (χ2n) is 8.99. The van der Waals surface area contributed by atoms with Crippen molar-refractivity contribution >= 4 is 24.0 Å². The molecule has 0 aliphatic carbocycles.